The molecule has 0 aromatic heterocycles. The summed E-state index contributed by atoms with van der Waals surface area (Å²) in [6.07, 6.45) is 3.70. The van der Waals surface area contributed by atoms with E-state index in [1.165, 1.54) is 0 Å². The van der Waals surface area contributed by atoms with Gasteiger partial charge in [0.05, 0.1) is 11.1 Å². The van der Waals surface area contributed by atoms with Crippen LogP contribution in [0, 0.1) is 0 Å². The van der Waals surface area contributed by atoms with Gasteiger partial charge in [0.2, 0.25) is 0 Å². The lowest BCUT2D eigenvalue weighted by atomic mass is 10.2. The van der Waals surface area contributed by atoms with E-state index in [1.807, 2.05) is 19.1 Å². The van der Waals surface area contributed by atoms with Crippen LogP contribution in [0.3, 0.4) is 0 Å². The SMILES string of the molecule is CCOc1cc(C=CCCl)cc(Br)c1O. The molecule has 4 heteroatoms. The maximum atomic E-state index is 9.66. The van der Waals surface area contributed by atoms with Crippen molar-refractivity contribution in [2.24, 2.45) is 0 Å². The predicted octanol–water partition coefficient (Wildman–Crippen LogP) is 3.81. The number of phenolic OH excluding ortho intramolecular Hbond substituents is 1. The summed E-state index contributed by atoms with van der Waals surface area (Å²) >= 11 is 8.81. The number of hydrogen-bond donors (Lipinski definition) is 1. The topological polar surface area (TPSA) is 29.5 Å². The molecule has 0 bridgehead atoms. The second kappa shape index (κ2) is 6.03. The second-order valence-corrected chi connectivity index (χ2v) is 4.00. The van der Waals surface area contributed by atoms with Crippen LogP contribution in [0.4, 0.5) is 0 Å². The molecular formula is C11H12BrClO2. The standard InChI is InChI=1S/C11H12BrClO2/c1-2-15-10-7-8(4-3-5-13)6-9(12)11(10)14/h3-4,6-7,14H,2,5H2,1H3. The Hall–Kier alpha value is -0.670. The minimum Gasteiger partial charge on any atom is -0.503 e. The van der Waals surface area contributed by atoms with Crippen molar-refractivity contribution in [2.45, 2.75) is 6.92 Å². The molecule has 1 aromatic carbocycles. The van der Waals surface area contributed by atoms with E-state index in [1.54, 1.807) is 12.1 Å². The third-order valence-electron chi connectivity index (χ3n) is 1.75. The van der Waals surface area contributed by atoms with Gasteiger partial charge in [-0.15, -0.1) is 11.6 Å². The van der Waals surface area contributed by atoms with E-state index in [-0.39, 0.29) is 5.75 Å². The van der Waals surface area contributed by atoms with Crippen molar-refractivity contribution in [3.05, 3.63) is 28.2 Å². The molecule has 0 saturated carbocycles. The molecule has 0 saturated heterocycles. The Bertz CT molecular complexity index is 364. The largest absolute Gasteiger partial charge is 0.503 e. The fourth-order valence-corrected chi connectivity index (χ4v) is 1.68. The molecule has 1 aromatic rings. The number of hydrogen-bond acceptors (Lipinski definition) is 2. The minimum absolute atomic E-state index is 0.125. The van der Waals surface area contributed by atoms with Crippen molar-refractivity contribution in [2.75, 3.05) is 12.5 Å². The van der Waals surface area contributed by atoms with Crippen LogP contribution in [-0.2, 0) is 0 Å². The van der Waals surface area contributed by atoms with Crippen LogP contribution >= 0.6 is 27.5 Å². The van der Waals surface area contributed by atoms with E-state index in [0.29, 0.717) is 22.7 Å². The van der Waals surface area contributed by atoms with Gasteiger partial charge >= 0.3 is 0 Å². The first-order valence-corrected chi connectivity index (χ1v) is 5.89. The molecule has 1 N–H and O–H groups in total. The van der Waals surface area contributed by atoms with E-state index in [9.17, 15) is 5.11 Å². The average molecular weight is 292 g/mol. The Morgan fingerprint density at radius 3 is 2.87 bits per heavy atom. The molecule has 82 valence electrons. The first-order chi connectivity index (χ1) is 7.19. The lowest BCUT2D eigenvalue weighted by molar-refractivity contribution is 0.317. The smallest absolute Gasteiger partial charge is 0.172 e. The molecule has 0 atom stereocenters. The maximum absolute atomic E-state index is 9.66. The summed E-state index contributed by atoms with van der Waals surface area (Å²) in [5.41, 5.74) is 0.934. The molecule has 0 unspecified atom stereocenters. The van der Waals surface area contributed by atoms with E-state index >= 15 is 0 Å². The fourth-order valence-electron chi connectivity index (χ4n) is 1.14. The molecule has 0 fully saturated rings. The van der Waals surface area contributed by atoms with Gasteiger partial charge in [0.25, 0.3) is 0 Å². The van der Waals surface area contributed by atoms with Gasteiger partial charge < -0.3 is 9.84 Å². The number of allylic oxidation sites excluding steroid dienone is 1. The van der Waals surface area contributed by atoms with Gasteiger partial charge in [-0.25, -0.2) is 0 Å². The number of alkyl halides is 1. The number of benzene rings is 1. The molecule has 0 radical (unpaired) electrons. The van der Waals surface area contributed by atoms with Crippen molar-refractivity contribution in [3.8, 4) is 11.5 Å². The van der Waals surface area contributed by atoms with E-state index in [2.05, 4.69) is 15.9 Å². The fraction of sp³-hybridized carbons (Fsp3) is 0.273. The molecular weight excluding hydrogens is 279 g/mol. The Balaban J connectivity index is 3.05. The molecule has 0 heterocycles. The van der Waals surface area contributed by atoms with Crippen molar-refractivity contribution < 1.29 is 9.84 Å². The summed E-state index contributed by atoms with van der Waals surface area (Å²) in [5, 5.41) is 9.66. The summed E-state index contributed by atoms with van der Waals surface area (Å²) in [5.74, 6) is 1.06. The molecule has 0 amide bonds. The van der Waals surface area contributed by atoms with E-state index < -0.39 is 0 Å². The zero-order valence-corrected chi connectivity index (χ0v) is 10.7. The highest BCUT2D eigenvalue weighted by Crippen LogP contribution is 2.35. The highest BCUT2D eigenvalue weighted by molar-refractivity contribution is 9.10. The van der Waals surface area contributed by atoms with Gasteiger partial charge in [0.1, 0.15) is 0 Å². The Morgan fingerprint density at radius 2 is 2.27 bits per heavy atom. The van der Waals surface area contributed by atoms with Crippen LogP contribution in [0.15, 0.2) is 22.7 Å². The number of phenols is 1. The average Bonchev–Trinajstić information content (AvgIpc) is 2.22. The highest BCUT2D eigenvalue weighted by atomic mass is 79.9. The van der Waals surface area contributed by atoms with Crippen LogP contribution in [0.5, 0.6) is 11.5 Å². The van der Waals surface area contributed by atoms with Crippen LogP contribution < -0.4 is 4.74 Å². The molecule has 2 nitrogen and oxygen atoms in total. The predicted molar refractivity (Wildman–Crippen MR) is 66.7 cm³/mol. The Morgan fingerprint density at radius 1 is 1.53 bits per heavy atom. The van der Waals surface area contributed by atoms with Crippen LogP contribution in [0.2, 0.25) is 0 Å². The molecule has 0 aliphatic carbocycles. The van der Waals surface area contributed by atoms with E-state index in [4.69, 9.17) is 16.3 Å². The zero-order chi connectivity index (χ0) is 11.3. The van der Waals surface area contributed by atoms with Crippen molar-refractivity contribution in [1.82, 2.24) is 0 Å². The number of rotatable bonds is 4. The lowest BCUT2D eigenvalue weighted by Gasteiger charge is -2.08. The third-order valence-corrected chi connectivity index (χ3v) is 2.53. The summed E-state index contributed by atoms with van der Waals surface area (Å²) in [7, 11) is 0. The normalized spacial score (nSPS) is 10.9. The maximum Gasteiger partial charge on any atom is 0.172 e. The molecule has 0 aliphatic rings. The van der Waals surface area contributed by atoms with Gasteiger partial charge in [-0.3, -0.25) is 0 Å². The monoisotopic (exact) mass is 290 g/mol. The van der Waals surface area contributed by atoms with Gasteiger partial charge in [-0.05, 0) is 40.5 Å². The summed E-state index contributed by atoms with van der Waals surface area (Å²) < 4.78 is 5.90. The van der Waals surface area contributed by atoms with E-state index in [0.717, 1.165) is 5.56 Å². The Kier molecular flexibility index (Phi) is 4.99. The third kappa shape index (κ3) is 3.43. The van der Waals surface area contributed by atoms with Gasteiger partial charge in [0.15, 0.2) is 11.5 Å². The molecule has 1 rings (SSSR count). The van der Waals surface area contributed by atoms with Crippen LogP contribution in [0.1, 0.15) is 12.5 Å². The number of ether oxygens (including phenoxy) is 1. The molecule has 0 spiro atoms. The molecule has 15 heavy (non-hydrogen) atoms. The summed E-state index contributed by atoms with van der Waals surface area (Å²) in [6.45, 7) is 2.39. The van der Waals surface area contributed by atoms with Crippen molar-refractivity contribution in [1.29, 1.82) is 0 Å². The second-order valence-electron chi connectivity index (χ2n) is 2.84. The number of aromatic hydroxyl groups is 1. The van der Waals surface area contributed by atoms with Gasteiger partial charge in [-0.1, -0.05) is 12.2 Å². The van der Waals surface area contributed by atoms with Crippen LogP contribution in [-0.4, -0.2) is 17.6 Å². The quantitative estimate of drug-likeness (QED) is 0.855. The summed E-state index contributed by atoms with van der Waals surface area (Å²) in [4.78, 5) is 0. The van der Waals surface area contributed by atoms with Crippen molar-refractivity contribution in [3.63, 3.8) is 0 Å². The highest BCUT2D eigenvalue weighted by Gasteiger charge is 2.07. The lowest BCUT2D eigenvalue weighted by Crippen LogP contribution is -1.92. The van der Waals surface area contributed by atoms with Gasteiger partial charge in [0, 0.05) is 5.88 Å². The zero-order valence-electron chi connectivity index (χ0n) is 8.34. The van der Waals surface area contributed by atoms with Crippen LogP contribution in [0.25, 0.3) is 6.08 Å². The minimum atomic E-state index is 0.125. The summed E-state index contributed by atoms with van der Waals surface area (Å²) in [6, 6.07) is 3.58. The first kappa shape index (κ1) is 12.4. The first-order valence-electron chi connectivity index (χ1n) is 4.56. The molecule has 0 aliphatic heterocycles. The van der Waals surface area contributed by atoms with Crippen molar-refractivity contribution >= 4 is 33.6 Å². The number of halogens is 2. The Labute approximate surface area is 103 Å². The van der Waals surface area contributed by atoms with Gasteiger partial charge in [-0.2, -0.15) is 0 Å².